The van der Waals surface area contributed by atoms with Gasteiger partial charge in [-0.1, -0.05) is 28.1 Å². The van der Waals surface area contributed by atoms with E-state index in [4.69, 9.17) is 10.2 Å². The maximum Gasteiger partial charge on any atom is 0.245 e. The fraction of sp³-hybridized carbons (Fsp3) is 0.231. The van der Waals surface area contributed by atoms with Crippen molar-refractivity contribution < 1.29 is 12.8 Å². The maximum absolute atomic E-state index is 12.4. The normalized spacial score (nSPS) is 13.3. The molecule has 1 aromatic heterocycles. The van der Waals surface area contributed by atoms with Gasteiger partial charge >= 0.3 is 0 Å². The van der Waals surface area contributed by atoms with E-state index in [1.165, 1.54) is 6.07 Å². The molecule has 1 heterocycles. The number of furan rings is 1. The summed E-state index contributed by atoms with van der Waals surface area (Å²) in [6.45, 7) is 1.91. The van der Waals surface area contributed by atoms with Crippen LogP contribution in [0.1, 0.15) is 24.3 Å². The predicted molar refractivity (Wildman–Crippen MR) is 87.2 cm³/mol. The Labute approximate surface area is 140 Å². The first-order chi connectivity index (χ1) is 9.83. The molecule has 8 heteroatoms. The second-order valence-corrected chi connectivity index (χ2v) is 7.77. The molecular weight excluding hydrogens is 424 g/mol. The summed E-state index contributed by atoms with van der Waals surface area (Å²) in [6.07, 6.45) is 0. The van der Waals surface area contributed by atoms with Gasteiger partial charge in [-0.25, -0.2) is 13.1 Å². The average molecular weight is 438 g/mol. The van der Waals surface area contributed by atoms with Crippen LogP contribution in [0.15, 0.2) is 48.8 Å². The molecule has 1 atom stereocenters. The largest absolute Gasteiger partial charge is 0.452 e. The van der Waals surface area contributed by atoms with Crippen LogP contribution in [0.3, 0.4) is 0 Å². The van der Waals surface area contributed by atoms with Gasteiger partial charge in [0.1, 0.15) is 10.7 Å². The van der Waals surface area contributed by atoms with Gasteiger partial charge in [0.15, 0.2) is 4.67 Å². The predicted octanol–water partition coefficient (Wildman–Crippen LogP) is 3.30. The molecule has 114 valence electrons. The van der Waals surface area contributed by atoms with Crippen LogP contribution in [0.4, 0.5) is 0 Å². The Balaban J connectivity index is 2.26. The quantitative estimate of drug-likeness (QED) is 0.751. The molecule has 21 heavy (non-hydrogen) atoms. The zero-order chi connectivity index (χ0) is 15.6. The van der Waals surface area contributed by atoms with Crippen molar-refractivity contribution in [2.24, 2.45) is 5.73 Å². The first-order valence-corrected chi connectivity index (χ1v) is 9.16. The van der Waals surface area contributed by atoms with E-state index in [0.29, 0.717) is 5.76 Å². The first kappa shape index (κ1) is 16.7. The van der Waals surface area contributed by atoms with Crippen molar-refractivity contribution >= 4 is 41.9 Å². The standard InChI is InChI=1S/C13H14Br2N2O3S/c1-8(9-3-2-4-10(14)5-9)17-21(18,19)12-6-11(7-16)20-13(12)15/h2-6,8,17H,7,16H2,1H3. The van der Waals surface area contributed by atoms with Crippen LogP contribution in [-0.2, 0) is 16.6 Å². The lowest BCUT2D eigenvalue weighted by Gasteiger charge is -2.14. The van der Waals surface area contributed by atoms with Crippen molar-refractivity contribution in [2.75, 3.05) is 0 Å². The molecule has 1 unspecified atom stereocenters. The van der Waals surface area contributed by atoms with Gasteiger partial charge < -0.3 is 10.2 Å². The minimum Gasteiger partial charge on any atom is -0.452 e. The Morgan fingerprint density at radius 3 is 2.62 bits per heavy atom. The lowest BCUT2D eigenvalue weighted by molar-refractivity contribution is 0.483. The van der Waals surface area contributed by atoms with Gasteiger partial charge in [0.2, 0.25) is 10.0 Å². The molecule has 0 fully saturated rings. The van der Waals surface area contributed by atoms with Gasteiger partial charge in [-0.15, -0.1) is 0 Å². The van der Waals surface area contributed by atoms with E-state index < -0.39 is 10.0 Å². The number of halogens is 2. The highest BCUT2D eigenvalue weighted by Crippen LogP contribution is 2.27. The Kier molecular flexibility index (Phi) is 5.26. The summed E-state index contributed by atoms with van der Waals surface area (Å²) in [5.41, 5.74) is 6.30. The van der Waals surface area contributed by atoms with Crippen molar-refractivity contribution in [3.8, 4) is 0 Å². The molecule has 0 aliphatic carbocycles. The Hall–Kier alpha value is -0.670. The minimum absolute atomic E-state index is 0.0461. The number of nitrogens with one attached hydrogen (secondary N) is 1. The van der Waals surface area contributed by atoms with Crippen molar-refractivity contribution in [2.45, 2.75) is 24.4 Å². The van der Waals surface area contributed by atoms with Crippen molar-refractivity contribution in [1.82, 2.24) is 4.72 Å². The molecule has 3 N–H and O–H groups in total. The molecule has 1 aromatic carbocycles. The summed E-state index contributed by atoms with van der Waals surface area (Å²) in [5, 5.41) is 0. The van der Waals surface area contributed by atoms with Crippen LogP contribution >= 0.6 is 31.9 Å². The fourth-order valence-electron chi connectivity index (χ4n) is 1.82. The highest BCUT2D eigenvalue weighted by molar-refractivity contribution is 9.10. The molecule has 0 spiro atoms. The summed E-state index contributed by atoms with van der Waals surface area (Å²) in [4.78, 5) is 0.0461. The van der Waals surface area contributed by atoms with Gasteiger partial charge in [0.05, 0.1) is 6.54 Å². The Bertz CT molecular complexity index is 744. The molecule has 0 saturated carbocycles. The number of rotatable bonds is 5. The van der Waals surface area contributed by atoms with Gasteiger partial charge in [-0.2, -0.15) is 0 Å². The molecule has 0 bridgehead atoms. The molecule has 0 aliphatic heterocycles. The van der Waals surface area contributed by atoms with Crippen LogP contribution in [0.25, 0.3) is 0 Å². The summed E-state index contributed by atoms with van der Waals surface area (Å²) < 4.78 is 33.7. The summed E-state index contributed by atoms with van der Waals surface area (Å²) in [6, 6.07) is 8.49. The molecular formula is C13H14Br2N2O3S. The van der Waals surface area contributed by atoms with E-state index in [9.17, 15) is 8.42 Å². The summed E-state index contributed by atoms with van der Waals surface area (Å²) >= 11 is 6.47. The van der Waals surface area contributed by atoms with E-state index in [-0.39, 0.29) is 22.2 Å². The fourth-order valence-corrected chi connectivity index (χ4v) is 4.47. The Morgan fingerprint density at radius 1 is 1.33 bits per heavy atom. The number of sulfonamides is 1. The van der Waals surface area contributed by atoms with Crippen LogP contribution in [0, 0.1) is 0 Å². The topological polar surface area (TPSA) is 85.3 Å². The van der Waals surface area contributed by atoms with E-state index in [0.717, 1.165) is 10.0 Å². The number of hydrogen-bond donors (Lipinski definition) is 2. The third-order valence-corrected chi connectivity index (χ3v) is 5.77. The monoisotopic (exact) mass is 436 g/mol. The first-order valence-electron chi connectivity index (χ1n) is 6.09. The van der Waals surface area contributed by atoms with Crippen LogP contribution < -0.4 is 10.5 Å². The molecule has 0 amide bonds. The molecule has 2 aromatic rings. The van der Waals surface area contributed by atoms with Crippen molar-refractivity contribution in [1.29, 1.82) is 0 Å². The van der Waals surface area contributed by atoms with Crippen LogP contribution in [0.2, 0.25) is 0 Å². The third kappa shape index (κ3) is 3.95. The summed E-state index contributed by atoms with van der Waals surface area (Å²) in [5.74, 6) is 0.400. The molecule has 5 nitrogen and oxygen atoms in total. The lowest BCUT2D eigenvalue weighted by Crippen LogP contribution is -2.26. The van der Waals surface area contributed by atoms with Gasteiger partial charge in [-0.05, 0) is 40.5 Å². The van der Waals surface area contributed by atoms with E-state index in [1.807, 2.05) is 24.3 Å². The van der Waals surface area contributed by atoms with E-state index in [2.05, 4.69) is 36.6 Å². The zero-order valence-electron chi connectivity index (χ0n) is 11.1. The highest BCUT2D eigenvalue weighted by atomic mass is 79.9. The zero-order valence-corrected chi connectivity index (χ0v) is 15.1. The summed E-state index contributed by atoms with van der Waals surface area (Å²) in [7, 11) is -3.70. The van der Waals surface area contributed by atoms with E-state index in [1.54, 1.807) is 6.92 Å². The molecule has 0 saturated heterocycles. The lowest BCUT2D eigenvalue weighted by atomic mass is 10.1. The van der Waals surface area contributed by atoms with Gasteiger partial charge in [0, 0.05) is 16.6 Å². The van der Waals surface area contributed by atoms with Crippen molar-refractivity contribution in [3.63, 3.8) is 0 Å². The SMILES string of the molecule is CC(NS(=O)(=O)c1cc(CN)oc1Br)c1cccc(Br)c1. The molecule has 0 aliphatic rings. The van der Waals surface area contributed by atoms with Gasteiger partial charge in [0.25, 0.3) is 0 Å². The van der Waals surface area contributed by atoms with Gasteiger partial charge in [-0.3, -0.25) is 0 Å². The number of hydrogen-bond acceptors (Lipinski definition) is 4. The average Bonchev–Trinajstić information content (AvgIpc) is 2.80. The smallest absolute Gasteiger partial charge is 0.245 e. The second kappa shape index (κ2) is 6.62. The molecule has 0 radical (unpaired) electrons. The third-order valence-electron chi connectivity index (χ3n) is 2.88. The second-order valence-electron chi connectivity index (χ2n) is 4.45. The van der Waals surface area contributed by atoms with E-state index >= 15 is 0 Å². The number of nitrogens with two attached hydrogens (primary N) is 1. The van der Waals surface area contributed by atoms with Crippen LogP contribution in [-0.4, -0.2) is 8.42 Å². The molecule has 2 rings (SSSR count). The highest BCUT2D eigenvalue weighted by Gasteiger charge is 2.24. The van der Waals surface area contributed by atoms with Crippen LogP contribution in [0.5, 0.6) is 0 Å². The minimum atomic E-state index is -3.70. The maximum atomic E-state index is 12.4. The number of benzene rings is 1. The Morgan fingerprint density at radius 2 is 2.05 bits per heavy atom. The van der Waals surface area contributed by atoms with Crippen molar-refractivity contribution in [3.05, 3.63) is 50.8 Å².